The molecule has 0 bridgehead atoms. The minimum atomic E-state index is -4.27. The van der Waals surface area contributed by atoms with E-state index in [-0.39, 0.29) is 12.4 Å². The van der Waals surface area contributed by atoms with Gasteiger partial charge >= 0.3 is 6.18 Å². The molecule has 19 heavy (non-hydrogen) atoms. The molecule has 0 aromatic heterocycles. The van der Waals surface area contributed by atoms with Crippen LogP contribution in [0.1, 0.15) is 16.7 Å². The summed E-state index contributed by atoms with van der Waals surface area (Å²) >= 11 is 0. The first-order chi connectivity index (χ1) is 8.79. The van der Waals surface area contributed by atoms with E-state index in [1.165, 1.54) is 0 Å². The molecule has 0 heterocycles. The van der Waals surface area contributed by atoms with Gasteiger partial charge in [-0.1, -0.05) is 12.1 Å². The molecule has 108 valence electrons. The summed E-state index contributed by atoms with van der Waals surface area (Å²) in [5, 5.41) is 12.6. The summed E-state index contributed by atoms with van der Waals surface area (Å²) in [4.78, 5) is 0. The Kier molecular flexibility index (Phi) is 5.62. The molecule has 0 spiro atoms. The zero-order valence-corrected chi connectivity index (χ0v) is 11.0. The lowest BCUT2D eigenvalue weighted by atomic mass is 10.1. The first kappa shape index (κ1) is 15.8. The maximum Gasteiger partial charge on any atom is 0.411 e. The van der Waals surface area contributed by atoms with Gasteiger partial charge in [-0.25, -0.2) is 0 Å². The number of hydrogen-bond donors (Lipinski definition) is 2. The standard InChI is InChI=1S/C13H18F3NO2/c1-9-5-11(6-10(2)12(9)18)7-17-3-4-19-8-13(14,15)16/h5-6,17-18H,3-4,7-8H2,1-2H3. The zero-order valence-electron chi connectivity index (χ0n) is 11.0. The molecule has 2 N–H and O–H groups in total. The fourth-order valence-electron chi connectivity index (χ4n) is 1.71. The Bertz CT molecular complexity index is 396. The first-order valence-corrected chi connectivity index (χ1v) is 5.94. The maximum atomic E-state index is 11.8. The molecular weight excluding hydrogens is 259 g/mol. The van der Waals surface area contributed by atoms with Gasteiger partial charge in [-0.2, -0.15) is 13.2 Å². The molecule has 0 aliphatic rings. The van der Waals surface area contributed by atoms with E-state index >= 15 is 0 Å². The molecule has 1 rings (SSSR count). The summed E-state index contributed by atoms with van der Waals surface area (Å²) in [6.07, 6.45) is -4.27. The third-order valence-electron chi connectivity index (χ3n) is 2.57. The predicted molar refractivity (Wildman–Crippen MR) is 66.2 cm³/mol. The molecular formula is C13H18F3NO2. The Morgan fingerprint density at radius 1 is 1.21 bits per heavy atom. The van der Waals surface area contributed by atoms with Crippen LogP contribution < -0.4 is 5.32 Å². The van der Waals surface area contributed by atoms with Crippen LogP contribution in [-0.4, -0.2) is 31.0 Å². The largest absolute Gasteiger partial charge is 0.507 e. The van der Waals surface area contributed by atoms with E-state index in [4.69, 9.17) is 0 Å². The monoisotopic (exact) mass is 277 g/mol. The fraction of sp³-hybridized carbons (Fsp3) is 0.538. The Morgan fingerprint density at radius 3 is 2.32 bits per heavy atom. The molecule has 0 radical (unpaired) electrons. The second-order valence-corrected chi connectivity index (χ2v) is 4.42. The van der Waals surface area contributed by atoms with E-state index in [2.05, 4.69) is 10.1 Å². The highest BCUT2D eigenvalue weighted by atomic mass is 19.4. The Hall–Kier alpha value is -1.27. The van der Waals surface area contributed by atoms with Crippen molar-refractivity contribution in [2.75, 3.05) is 19.8 Å². The van der Waals surface area contributed by atoms with Crippen molar-refractivity contribution in [1.29, 1.82) is 0 Å². The van der Waals surface area contributed by atoms with Gasteiger partial charge in [0.25, 0.3) is 0 Å². The summed E-state index contributed by atoms with van der Waals surface area (Å²) in [6, 6.07) is 3.68. The Labute approximate surface area is 110 Å². The highest BCUT2D eigenvalue weighted by molar-refractivity contribution is 5.42. The number of rotatable bonds is 6. The van der Waals surface area contributed by atoms with Crippen LogP contribution in [0.15, 0.2) is 12.1 Å². The highest BCUT2D eigenvalue weighted by Gasteiger charge is 2.27. The van der Waals surface area contributed by atoms with E-state index < -0.39 is 12.8 Å². The van der Waals surface area contributed by atoms with Crippen molar-refractivity contribution < 1.29 is 23.0 Å². The number of ether oxygens (including phenoxy) is 1. The lowest BCUT2D eigenvalue weighted by Gasteiger charge is -2.10. The average Bonchev–Trinajstić information content (AvgIpc) is 2.29. The van der Waals surface area contributed by atoms with Gasteiger partial charge in [0.2, 0.25) is 0 Å². The van der Waals surface area contributed by atoms with Gasteiger partial charge in [0, 0.05) is 13.1 Å². The van der Waals surface area contributed by atoms with Crippen molar-refractivity contribution in [3.05, 3.63) is 28.8 Å². The third-order valence-corrected chi connectivity index (χ3v) is 2.57. The highest BCUT2D eigenvalue weighted by Crippen LogP contribution is 2.22. The van der Waals surface area contributed by atoms with Gasteiger partial charge in [0.1, 0.15) is 12.4 Å². The lowest BCUT2D eigenvalue weighted by Crippen LogP contribution is -2.23. The van der Waals surface area contributed by atoms with Gasteiger partial charge in [0.05, 0.1) is 6.61 Å². The van der Waals surface area contributed by atoms with Crippen molar-refractivity contribution in [3.63, 3.8) is 0 Å². The van der Waals surface area contributed by atoms with Gasteiger partial charge in [0.15, 0.2) is 0 Å². The van der Waals surface area contributed by atoms with Gasteiger partial charge in [-0.05, 0) is 30.5 Å². The Morgan fingerprint density at radius 2 is 1.79 bits per heavy atom. The smallest absolute Gasteiger partial charge is 0.411 e. The lowest BCUT2D eigenvalue weighted by molar-refractivity contribution is -0.173. The number of halogens is 3. The van der Waals surface area contributed by atoms with Crippen LogP contribution in [0.3, 0.4) is 0 Å². The number of alkyl halides is 3. The molecule has 1 aromatic carbocycles. The Balaban J connectivity index is 2.27. The molecule has 1 aromatic rings. The number of phenolic OH excluding ortho intramolecular Hbond substituents is 1. The SMILES string of the molecule is Cc1cc(CNCCOCC(F)(F)F)cc(C)c1O. The van der Waals surface area contributed by atoms with Crippen LogP contribution in [0.2, 0.25) is 0 Å². The van der Waals surface area contributed by atoms with Crippen molar-refractivity contribution in [3.8, 4) is 5.75 Å². The minimum Gasteiger partial charge on any atom is -0.507 e. The molecule has 0 saturated carbocycles. The molecule has 3 nitrogen and oxygen atoms in total. The number of nitrogens with one attached hydrogen (secondary N) is 1. The van der Waals surface area contributed by atoms with E-state index in [0.717, 1.165) is 16.7 Å². The molecule has 0 unspecified atom stereocenters. The van der Waals surface area contributed by atoms with Gasteiger partial charge in [-0.3, -0.25) is 0 Å². The van der Waals surface area contributed by atoms with E-state index in [9.17, 15) is 18.3 Å². The van der Waals surface area contributed by atoms with Crippen LogP contribution >= 0.6 is 0 Å². The van der Waals surface area contributed by atoms with E-state index in [1.807, 2.05) is 12.1 Å². The summed E-state index contributed by atoms with van der Waals surface area (Å²) in [5.74, 6) is 0.275. The molecule has 0 fully saturated rings. The minimum absolute atomic E-state index is 0.00948. The molecule has 6 heteroatoms. The van der Waals surface area contributed by atoms with Crippen molar-refractivity contribution >= 4 is 0 Å². The summed E-state index contributed by atoms with van der Waals surface area (Å²) in [6.45, 7) is 3.27. The van der Waals surface area contributed by atoms with Crippen LogP contribution in [0.4, 0.5) is 13.2 Å². The van der Waals surface area contributed by atoms with Gasteiger partial charge < -0.3 is 15.2 Å². The fourth-order valence-corrected chi connectivity index (χ4v) is 1.71. The van der Waals surface area contributed by atoms with Gasteiger partial charge in [-0.15, -0.1) is 0 Å². The van der Waals surface area contributed by atoms with Crippen LogP contribution in [-0.2, 0) is 11.3 Å². The van der Waals surface area contributed by atoms with Crippen molar-refractivity contribution in [1.82, 2.24) is 5.32 Å². The summed E-state index contributed by atoms with van der Waals surface area (Å²) < 4.78 is 39.8. The molecule has 0 aliphatic heterocycles. The number of aromatic hydroxyl groups is 1. The zero-order chi connectivity index (χ0) is 14.5. The first-order valence-electron chi connectivity index (χ1n) is 5.94. The van der Waals surface area contributed by atoms with E-state index in [1.54, 1.807) is 13.8 Å². The topological polar surface area (TPSA) is 41.5 Å². The van der Waals surface area contributed by atoms with Crippen LogP contribution in [0.25, 0.3) is 0 Å². The number of aryl methyl sites for hydroxylation is 2. The normalized spacial score (nSPS) is 11.8. The quantitative estimate of drug-likeness (QED) is 0.786. The second kappa shape index (κ2) is 6.77. The average molecular weight is 277 g/mol. The van der Waals surface area contributed by atoms with Crippen LogP contribution in [0, 0.1) is 13.8 Å². The third kappa shape index (κ3) is 5.94. The molecule has 0 aliphatic carbocycles. The number of hydrogen-bond acceptors (Lipinski definition) is 3. The van der Waals surface area contributed by atoms with Crippen molar-refractivity contribution in [2.45, 2.75) is 26.6 Å². The summed E-state index contributed by atoms with van der Waals surface area (Å²) in [7, 11) is 0. The van der Waals surface area contributed by atoms with E-state index in [0.29, 0.717) is 13.1 Å². The molecule has 0 amide bonds. The van der Waals surface area contributed by atoms with Crippen molar-refractivity contribution in [2.24, 2.45) is 0 Å². The number of benzene rings is 1. The maximum absolute atomic E-state index is 11.8. The van der Waals surface area contributed by atoms with Crippen LogP contribution in [0.5, 0.6) is 5.75 Å². The molecule has 0 atom stereocenters. The number of phenols is 1. The second-order valence-electron chi connectivity index (χ2n) is 4.42. The predicted octanol–water partition coefficient (Wildman–Crippen LogP) is 2.68. The summed E-state index contributed by atoms with van der Waals surface area (Å²) in [5.41, 5.74) is 2.54. The molecule has 0 saturated heterocycles.